The van der Waals surface area contributed by atoms with Crippen LogP contribution in [0.5, 0.6) is 5.88 Å². The van der Waals surface area contributed by atoms with Crippen LogP contribution in [0.25, 0.3) is 0 Å². The van der Waals surface area contributed by atoms with Crippen molar-refractivity contribution < 1.29 is 4.74 Å². The fourth-order valence-corrected chi connectivity index (χ4v) is 1.81. The standard InChI is InChI=1S/C15H18N2O/c1-11(16)14-9-6-10-17-15(14)18-12(2)13-7-4-3-5-8-13/h3-12H,16H2,1-2H3/t11-,12?/m1/s1. The van der Waals surface area contributed by atoms with Gasteiger partial charge in [0.25, 0.3) is 0 Å². The fraction of sp³-hybridized carbons (Fsp3) is 0.267. The van der Waals surface area contributed by atoms with E-state index >= 15 is 0 Å². The Labute approximate surface area is 108 Å². The first-order valence-electron chi connectivity index (χ1n) is 6.10. The van der Waals surface area contributed by atoms with Crippen LogP contribution in [0.15, 0.2) is 48.7 Å². The van der Waals surface area contributed by atoms with Crippen molar-refractivity contribution in [1.82, 2.24) is 4.98 Å². The van der Waals surface area contributed by atoms with Crippen molar-refractivity contribution >= 4 is 0 Å². The van der Waals surface area contributed by atoms with E-state index < -0.39 is 0 Å². The van der Waals surface area contributed by atoms with Crippen molar-refractivity contribution in [2.24, 2.45) is 5.73 Å². The molecule has 2 N–H and O–H groups in total. The van der Waals surface area contributed by atoms with Crippen LogP contribution in [0.1, 0.15) is 37.1 Å². The van der Waals surface area contributed by atoms with E-state index in [9.17, 15) is 0 Å². The molecular weight excluding hydrogens is 224 g/mol. The largest absolute Gasteiger partial charge is 0.470 e. The second-order valence-corrected chi connectivity index (χ2v) is 4.36. The zero-order valence-electron chi connectivity index (χ0n) is 10.7. The van der Waals surface area contributed by atoms with E-state index in [0.717, 1.165) is 11.1 Å². The minimum absolute atomic E-state index is 0.0430. The van der Waals surface area contributed by atoms with Crippen molar-refractivity contribution in [3.63, 3.8) is 0 Å². The molecule has 0 fully saturated rings. The zero-order valence-corrected chi connectivity index (χ0v) is 10.7. The second kappa shape index (κ2) is 5.65. The summed E-state index contributed by atoms with van der Waals surface area (Å²) in [6, 6.07) is 13.8. The lowest BCUT2D eigenvalue weighted by Crippen LogP contribution is -2.11. The highest BCUT2D eigenvalue weighted by Gasteiger charge is 2.13. The molecule has 0 amide bonds. The van der Waals surface area contributed by atoms with Crippen LogP contribution in [0.4, 0.5) is 0 Å². The molecule has 1 aromatic heterocycles. The van der Waals surface area contributed by atoms with Gasteiger partial charge < -0.3 is 10.5 Å². The lowest BCUT2D eigenvalue weighted by molar-refractivity contribution is 0.214. The van der Waals surface area contributed by atoms with Gasteiger partial charge in [-0.3, -0.25) is 0 Å². The number of rotatable bonds is 4. The molecule has 0 aliphatic rings. The summed E-state index contributed by atoms with van der Waals surface area (Å²) in [5, 5.41) is 0. The summed E-state index contributed by atoms with van der Waals surface area (Å²) in [7, 11) is 0. The molecule has 3 nitrogen and oxygen atoms in total. The highest BCUT2D eigenvalue weighted by atomic mass is 16.5. The highest BCUT2D eigenvalue weighted by Crippen LogP contribution is 2.25. The summed E-state index contributed by atoms with van der Waals surface area (Å²) in [6.07, 6.45) is 1.68. The third kappa shape index (κ3) is 2.87. The molecule has 1 unspecified atom stereocenters. The molecule has 0 radical (unpaired) electrons. The molecule has 0 spiro atoms. The Hall–Kier alpha value is -1.87. The van der Waals surface area contributed by atoms with E-state index in [1.54, 1.807) is 6.20 Å². The van der Waals surface area contributed by atoms with Crippen LogP contribution in [-0.2, 0) is 0 Å². The molecule has 3 heteroatoms. The number of nitrogens with two attached hydrogens (primary N) is 1. The molecule has 2 rings (SSSR count). The van der Waals surface area contributed by atoms with Crippen molar-refractivity contribution in [1.29, 1.82) is 0 Å². The first-order chi connectivity index (χ1) is 8.68. The maximum absolute atomic E-state index is 5.91. The Morgan fingerprint density at radius 2 is 1.78 bits per heavy atom. The van der Waals surface area contributed by atoms with Gasteiger partial charge in [-0.25, -0.2) is 4.98 Å². The van der Waals surface area contributed by atoms with Crippen LogP contribution < -0.4 is 10.5 Å². The van der Waals surface area contributed by atoms with Gasteiger partial charge in [0.2, 0.25) is 5.88 Å². The van der Waals surface area contributed by atoms with Gasteiger partial charge in [-0.2, -0.15) is 0 Å². The third-order valence-electron chi connectivity index (χ3n) is 2.85. The van der Waals surface area contributed by atoms with Crippen molar-refractivity contribution in [2.45, 2.75) is 26.0 Å². The van der Waals surface area contributed by atoms with Gasteiger partial charge in [-0.15, -0.1) is 0 Å². The van der Waals surface area contributed by atoms with Gasteiger partial charge >= 0.3 is 0 Å². The molecule has 18 heavy (non-hydrogen) atoms. The summed E-state index contributed by atoms with van der Waals surface area (Å²) >= 11 is 0. The topological polar surface area (TPSA) is 48.1 Å². The Bertz CT molecular complexity index is 497. The van der Waals surface area contributed by atoms with Gasteiger partial charge in [-0.1, -0.05) is 36.4 Å². The Morgan fingerprint density at radius 3 is 2.44 bits per heavy atom. The molecule has 0 aliphatic heterocycles. The van der Waals surface area contributed by atoms with Gasteiger partial charge in [0.15, 0.2) is 0 Å². The first-order valence-corrected chi connectivity index (χ1v) is 6.10. The van der Waals surface area contributed by atoms with Gasteiger partial charge in [0.05, 0.1) is 0 Å². The number of nitrogens with zero attached hydrogens (tertiary/aromatic N) is 1. The third-order valence-corrected chi connectivity index (χ3v) is 2.85. The Balaban J connectivity index is 2.19. The first kappa shape index (κ1) is 12.6. The van der Waals surface area contributed by atoms with Crippen LogP contribution in [-0.4, -0.2) is 4.98 Å². The smallest absolute Gasteiger partial charge is 0.218 e. The predicted octanol–water partition coefficient (Wildman–Crippen LogP) is 3.24. The summed E-state index contributed by atoms with van der Waals surface area (Å²) in [5.74, 6) is 0.615. The number of ether oxygens (including phenoxy) is 1. The van der Waals surface area contributed by atoms with Crippen LogP contribution in [0.3, 0.4) is 0 Å². The van der Waals surface area contributed by atoms with E-state index in [1.807, 2.05) is 56.3 Å². The number of hydrogen-bond acceptors (Lipinski definition) is 3. The minimum Gasteiger partial charge on any atom is -0.470 e. The number of aromatic nitrogens is 1. The van der Waals surface area contributed by atoms with E-state index in [1.165, 1.54) is 0 Å². The number of pyridine rings is 1. The maximum atomic E-state index is 5.91. The van der Waals surface area contributed by atoms with E-state index in [4.69, 9.17) is 10.5 Å². The predicted molar refractivity (Wildman–Crippen MR) is 72.3 cm³/mol. The second-order valence-electron chi connectivity index (χ2n) is 4.36. The quantitative estimate of drug-likeness (QED) is 0.895. The normalized spacial score (nSPS) is 13.9. The molecule has 1 heterocycles. The minimum atomic E-state index is -0.0864. The molecular formula is C15H18N2O. The van der Waals surface area contributed by atoms with Gasteiger partial charge in [0.1, 0.15) is 6.10 Å². The van der Waals surface area contributed by atoms with Crippen LogP contribution >= 0.6 is 0 Å². The molecule has 0 saturated heterocycles. The molecule has 0 saturated carbocycles. The monoisotopic (exact) mass is 242 g/mol. The molecule has 94 valence electrons. The number of benzene rings is 1. The van der Waals surface area contributed by atoms with Gasteiger partial charge in [-0.05, 0) is 25.5 Å². The van der Waals surface area contributed by atoms with Crippen molar-refractivity contribution in [3.8, 4) is 5.88 Å². The van der Waals surface area contributed by atoms with Crippen LogP contribution in [0.2, 0.25) is 0 Å². The fourth-order valence-electron chi connectivity index (χ4n) is 1.81. The molecule has 0 aliphatic carbocycles. The summed E-state index contributed by atoms with van der Waals surface area (Å²) in [4.78, 5) is 4.26. The lowest BCUT2D eigenvalue weighted by Gasteiger charge is -2.17. The van der Waals surface area contributed by atoms with Gasteiger partial charge in [0, 0.05) is 17.8 Å². The summed E-state index contributed by atoms with van der Waals surface area (Å²) < 4.78 is 5.90. The summed E-state index contributed by atoms with van der Waals surface area (Å²) in [5.41, 5.74) is 7.96. The van der Waals surface area contributed by atoms with E-state index in [-0.39, 0.29) is 12.1 Å². The Kier molecular flexibility index (Phi) is 3.95. The SMILES string of the molecule is CC(Oc1ncccc1[C@@H](C)N)c1ccccc1. The summed E-state index contributed by atoms with van der Waals surface area (Å²) in [6.45, 7) is 3.94. The number of hydrogen-bond donors (Lipinski definition) is 1. The molecule has 2 atom stereocenters. The van der Waals surface area contributed by atoms with E-state index in [2.05, 4.69) is 4.98 Å². The average Bonchev–Trinajstić information content (AvgIpc) is 2.40. The molecule has 2 aromatic rings. The average molecular weight is 242 g/mol. The lowest BCUT2D eigenvalue weighted by atomic mass is 10.1. The Morgan fingerprint density at radius 1 is 1.06 bits per heavy atom. The highest BCUT2D eigenvalue weighted by molar-refractivity contribution is 5.29. The molecule has 1 aromatic carbocycles. The zero-order chi connectivity index (χ0) is 13.0. The molecule has 0 bridgehead atoms. The maximum Gasteiger partial charge on any atom is 0.218 e. The van der Waals surface area contributed by atoms with Crippen molar-refractivity contribution in [2.75, 3.05) is 0 Å². The van der Waals surface area contributed by atoms with Crippen LogP contribution in [0, 0.1) is 0 Å². The van der Waals surface area contributed by atoms with Crippen molar-refractivity contribution in [3.05, 3.63) is 59.8 Å². The van der Waals surface area contributed by atoms with E-state index in [0.29, 0.717) is 5.88 Å².